The summed E-state index contributed by atoms with van der Waals surface area (Å²) in [7, 11) is 0. The van der Waals surface area contributed by atoms with Crippen LogP contribution in [0.15, 0.2) is 48.8 Å². The van der Waals surface area contributed by atoms with E-state index in [2.05, 4.69) is 4.98 Å². The lowest BCUT2D eigenvalue weighted by Gasteiger charge is -2.22. The number of pyridine rings is 1. The van der Waals surface area contributed by atoms with E-state index in [-0.39, 0.29) is 6.54 Å². The number of nitrogens with zero attached hydrogens (tertiary/aromatic N) is 1. The summed E-state index contributed by atoms with van der Waals surface area (Å²) in [5, 5.41) is 10.3. The van der Waals surface area contributed by atoms with E-state index in [1.807, 2.05) is 0 Å². The molecule has 1 aromatic carbocycles. The number of hydrogen-bond donors (Lipinski definition) is 2. The van der Waals surface area contributed by atoms with Gasteiger partial charge in [0.05, 0.1) is 11.7 Å². The summed E-state index contributed by atoms with van der Waals surface area (Å²) in [6, 6.07) is 7.92. The Morgan fingerprint density at radius 1 is 1.00 bits per heavy atom. The van der Waals surface area contributed by atoms with Crippen LogP contribution in [0.25, 0.3) is 0 Å². The Bertz CT molecular complexity index is 570. The van der Waals surface area contributed by atoms with Gasteiger partial charge in [-0.2, -0.15) is 13.2 Å². The van der Waals surface area contributed by atoms with Crippen molar-refractivity contribution in [1.82, 2.24) is 4.98 Å². The lowest BCUT2D eigenvalue weighted by Crippen LogP contribution is -2.20. The smallest absolute Gasteiger partial charge is 0.388 e. The van der Waals surface area contributed by atoms with E-state index >= 15 is 0 Å². The summed E-state index contributed by atoms with van der Waals surface area (Å²) in [5.41, 5.74) is 6.13. The van der Waals surface area contributed by atoms with Gasteiger partial charge in [-0.05, 0) is 35.4 Å². The van der Waals surface area contributed by atoms with Crippen molar-refractivity contribution in [3.8, 4) is 0 Å². The molecular weight excluding hydrogens is 281 g/mol. The summed E-state index contributed by atoms with van der Waals surface area (Å²) in [5.74, 6) is -0.398. The molecule has 0 aliphatic heterocycles. The molecular formula is C15H15F3N2O. The Labute approximate surface area is 120 Å². The van der Waals surface area contributed by atoms with Crippen LogP contribution in [-0.4, -0.2) is 16.6 Å². The monoisotopic (exact) mass is 296 g/mol. The number of alkyl halides is 3. The largest absolute Gasteiger partial charge is 0.416 e. The first-order valence-corrected chi connectivity index (χ1v) is 6.38. The first-order chi connectivity index (χ1) is 9.93. The molecule has 3 N–H and O–H groups in total. The predicted molar refractivity (Wildman–Crippen MR) is 72.4 cm³/mol. The van der Waals surface area contributed by atoms with Crippen molar-refractivity contribution in [3.05, 3.63) is 65.5 Å². The normalized spacial score (nSPS) is 14.7. The molecule has 0 bridgehead atoms. The van der Waals surface area contributed by atoms with Crippen molar-refractivity contribution in [1.29, 1.82) is 0 Å². The van der Waals surface area contributed by atoms with E-state index in [0.717, 1.165) is 17.7 Å². The third-order valence-corrected chi connectivity index (χ3v) is 3.35. The van der Waals surface area contributed by atoms with Gasteiger partial charge < -0.3 is 10.8 Å². The molecule has 0 saturated heterocycles. The minimum atomic E-state index is -4.39. The number of nitrogens with two attached hydrogens (primary N) is 1. The first kappa shape index (κ1) is 15.5. The fourth-order valence-corrected chi connectivity index (χ4v) is 2.16. The van der Waals surface area contributed by atoms with Crippen molar-refractivity contribution in [2.45, 2.75) is 18.2 Å². The highest BCUT2D eigenvalue weighted by molar-refractivity contribution is 5.29. The molecule has 1 aromatic heterocycles. The quantitative estimate of drug-likeness (QED) is 0.912. The molecule has 0 saturated carbocycles. The van der Waals surface area contributed by atoms with Gasteiger partial charge in [-0.15, -0.1) is 0 Å². The molecule has 2 aromatic rings. The zero-order valence-corrected chi connectivity index (χ0v) is 11.1. The molecule has 0 spiro atoms. The molecule has 1 heterocycles. The van der Waals surface area contributed by atoms with Crippen LogP contribution in [0.4, 0.5) is 13.2 Å². The zero-order valence-electron chi connectivity index (χ0n) is 11.1. The second kappa shape index (κ2) is 6.24. The van der Waals surface area contributed by atoms with Gasteiger partial charge >= 0.3 is 6.18 Å². The molecule has 112 valence electrons. The Balaban J connectivity index is 2.24. The average molecular weight is 296 g/mol. The summed E-state index contributed by atoms with van der Waals surface area (Å²) < 4.78 is 37.6. The number of benzene rings is 1. The van der Waals surface area contributed by atoms with E-state index in [1.54, 1.807) is 24.5 Å². The third-order valence-electron chi connectivity index (χ3n) is 3.35. The van der Waals surface area contributed by atoms with Crippen LogP contribution < -0.4 is 5.73 Å². The van der Waals surface area contributed by atoms with Crippen molar-refractivity contribution in [2.24, 2.45) is 5.73 Å². The maximum absolute atomic E-state index is 12.5. The van der Waals surface area contributed by atoms with Gasteiger partial charge in [-0.3, -0.25) is 4.98 Å². The van der Waals surface area contributed by atoms with Gasteiger partial charge in [-0.1, -0.05) is 12.1 Å². The number of aromatic nitrogens is 1. The van der Waals surface area contributed by atoms with Crippen LogP contribution in [-0.2, 0) is 6.18 Å². The second-order valence-electron chi connectivity index (χ2n) is 4.69. The van der Waals surface area contributed by atoms with Gasteiger partial charge in [0.15, 0.2) is 0 Å². The molecule has 3 nitrogen and oxygen atoms in total. The number of hydrogen-bond acceptors (Lipinski definition) is 3. The van der Waals surface area contributed by atoms with Crippen molar-refractivity contribution in [3.63, 3.8) is 0 Å². The summed E-state index contributed by atoms with van der Waals surface area (Å²) in [6.07, 6.45) is -2.20. The van der Waals surface area contributed by atoms with E-state index in [9.17, 15) is 18.3 Å². The summed E-state index contributed by atoms with van der Waals surface area (Å²) in [6.45, 7) is 0.173. The van der Waals surface area contributed by atoms with Crippen LogP contribution in [0, 0.1) is 0 Å². The molecule has 0 fully saturated rings. The Hall–Kier alpha value is -1.92. The maximum Gasteiger partial charge on any atom is 0.416 e. The van der Waals surface area contributed by atoms with E-state index in [0.29, 0.717) is 5.56 Å². The van der Waals surface area contributed by atoms with Gasteiger partial charge in [0.2, 0.25) is 0 Å². The first-order valence-electron chi connectivity index (χ1n) is 6.38. The zero-order chi connectivity index (χ0) is 15.5. The highest BCUT2D eigenvalue weighted by atomic mass is 19.4. The number of aliphatic hydroxyl groups is 1. The van der Waals surface area contributed by atoms with Crippen LogP contribution >= 0.6 is 0 Å². The molecule has 2 rings (SSSR count). The van der Waals surface area contributed by atoms with E-state index in [4.69, 9.17) is 5.73 Å². The fourth-order valence-electron chi connectivity index (χ4n) is 2.16. The van der Waals surface area contributed by atoms with Crippen LogP contribution in [0.5, 0.6) is 0 Å². The average Bonchev–Trinajstić information content (AvgIpc) is 2.48. The van der Waals surface area contributed by atoms with E-state index in [1.165, 1.54) is 12.1 Å². The minimum absolute atomic E-state index is 0.173. The van der Waals surface area contributed by atoms with Crippen LogP contribution in [0.3, 0.4) is 0 Å². The Kier molecular flexibility index (Phi) is 4.59. The molecule has 21 heavy (non-hydrogen) atoms. The highest BCUT2D eigenvalue weighted by Crippen LogP contribution is 2.33. The SMILES string of the molecule is NCC(c1ccncc1)C(O)c1ccc(C(F)(F)F)cc1. The number of aliphatic hydroxyl groups excluding tert-OH is 1. The maximum atomic E-state index is 12.5. The molecule has 2 atom stereocenters. The van der Waals surface area contributed by atoms with Gasteiger partial charge in [0.25, 0.3) is 0 Å². The Morgan fingerprint density at radius 2 is 1.57 bits per heavy atom. The topological polar surface area (TPSA) is 59.1 Å². The number of halogens is 3. The molecule has 0 aliphatic carbocycles. The second-order valence-corrected chi connectivity index (χ2v) is 4.69. The molecule has 0 radical (unpaired) electrons. The molecule has 2 unspecified atom stereocenters. The van der Waals surface area contributed by atoms with E-state index < -0.39 is 23.8 Å². The van der Waals surface area contributed by atoms with Gasteiger partial charge in [0, 0.05) is 24.9 Å². The fraction of sp³-hybridized carbons (Fsp3) is 0.267. The lowest BCUT2D eigenvalue weighted by atomic mass is 9.89. The van der Waals surface area contributed by atoms with Crippen molar-refractivity contribution >= 4 is 0 Å². The molecule has 0 amide bonds. The van der Waals surface area contributed by atoms with Crippen molar-refractivity contribution < 1.29 is 18.3 Å². The molecule has 0 aliphatic rings. The summed E-state index contributed by atoms with van der Waals surface area (Å²) in [4.78, 5) is 3.89. The summed E-state index contributed by atoms with van der Waals surface area (Å²) >= 11 is 0. The molecule has 6 heteroatoms. The highest BCUT2D eigenvalue weighted by Gasteiger charge is 2.30. The number of rotatable bonds is 4. The van der Waals surface area contributed by atoms with Crippen LogP contribution in [0.2, 0.25) is 0 Å². The third kappa shape index (κ3) is 3.59. The standard InChI is InChI=1S/C15H15F3N2O/c16-15(17,18)12-3-1-11(2-4-12)14(21)13(9-19)10-5-7-20-8-6-10/h1-8,13-14,21H,9,19H2. The lowest BCUT2D eigenvalue weighted by molar-refractivity contribution is -0.137. The van der Waals surface area contributed by atoms with Gasteiger partial charge in [0.1, 0.15) is 0 Å². The van der Waals surface area contributed by atoms with Crippen molar-refractivity contribution in [2.75, 3.05) is 6.54 Å². The predicted octanol–water partition coefficient (Wildman–Crippen LogP) is 2.88. The van der Waals surface area contributed by atoms with Gasteiger partial charge in [-0.25, -0.2) is 0 Å². The minimum Gasteiger partial charge on any atom is -0.388 e. The Morgan fingerprint density at radius 3 is 2.05 bits per heavy atom. The van der Waals surface area contributed by atoms with Crippen LogP contribution in [0.1, 0.15) is 28.7 Å².